The molecule has 0 unspecified atom stereocenters. The van der Waals surface area contributed by atoms with Crippen LogP contribution in [0, 0.1) is 11.7 Å². The molecule has 2 heterocycles. The van der Waals surface area contributed by atoms with Gasteiger partial charge in [0, 0.05) is 55.3 Å². The lowest BCUT2D eigenvalue weighted by molar-refractivity contribution is -0.134. The molecule has 34 heavy (non-hydrogen) atoms. The molecule has 0 radical (unpaired) electrons. The number of piperazine rings is 1. The van der Waals surface area contributed by atoms with Crippen LogP contribution in [0.15, 0.2) is 53.3 Å². The van der Waals surface area contributed by atoms with Gasteiger partial charge in [-0.3, -0.25) is 19.3 Å². The van der Waals surface area contributed by atoms with Crippen LogP contribution in [0.1, 0.15) is 12.8 Å². The molecule has 1 saturated carbocycles. The number of anilines is 1. The number of ether oxygens (including phenoxy) is 1. The molecule has 1 saturated heterocycles. The molecule has 5 rings (SSSR count). The van der Waals surface area contributed by atoms with Crippen molar-refractivity contribution in [2.45, 2.75) is 12.8 Å². The molecule has 176 valence electrons. The van der Waals surface area contributed by atoms with E-state index in [-0.39, 0.29) is 41.3 Å². The quantitative estimate of drug-likeness (QED) is 0.585. The van der Waals surface area contributed by atoms with E-state index in [1.54, 1.807) is 30.3 Å². The van der Waals surface area contributed by atoms with Gasteiger partial charge in [-0.1, -0.05) is 12.1 Å². The topological polar surface area (TPSA) is 94.7 Å². The van der Waals surface area contributed by atoms with Gasteiger partial charge in [0.25, 0.3) is 5.56 Å². The molecule has 1 aromatic heterocycles. The van der Waals surface area contributed by atoms with Crippen molar-refractivity contribution in [3.8, 4) is 11.5 Å². The molecule has 3 aromatic rings. The molecule has 0 spiro atoms. The average molecular weight is 464 g/mol. The first-order valence-corrected chi connectivity index (χ1v) is 11.4. The van der Waals surface area contributed by atoms with Gasteiger partial charge in [0.15, 0.2) is 11.6 Å². The van der Waals surface area contributed by atoms with E-state index in [0.717, 1.165) is 12.8 Å². The van der Waals surface area contributed by atoms with Gasteiger partial charge < -0.3 is 19.9 Å². The Morgan fingerprint density at radius 1 is 1.03 bits per heavy atom. The number of aromatic nitrogens is 1. The van der Waals surface area contributed by atoms with Crippen LogP contribution in [0.2, 0.25) is 0 Å². The zero-order valence-corrected chi connectivity index (χ0v) is 18.6. The van der Waals surface area contributed by atoms with E-state index < -0.39 is 5.82 Å². The second-order valence-corrected chi connectivity index (χ2v) is 8.71. The number of carbonyl (C=O) groups excluding carboxylic acids is 2. The fourth-order valence-electron chi connectivity index (χ4n) is 4.16. The monoisotopic (exact) mass is 464 g/mol. The van der Waals surface area contributed by atoms with E-state index in [0.29, 0.717) is 42.8 Å². The number of H-pyrrole nitrogens is 1. The number of nitrogens with one attached hydrogen (secondary N) is 2. The van der Waals surface area contributed by atoms with E-state index in [2.05, 4.69) is 10.3 Å². The fraction of sp³-hybridized carbons (Fsp3) is 0.320. The normalized spacial score (nSPS) is 16.4. The minimum Gasteiger partial charge on any atom is -0.453 e. The summed E-state index contributed by atoms with van der Waals surface area (Å²) in [5.41, 5.74) is 0.552. The summed E-state index contributed by atoms with van der Waals surface area (Å²) in [6.45, 7) is 2.69. The summed E-state index contributed by atoms with van der Waals surface area (Å²) in [6, 6.07) is 12.5. The van der Waals surface area contributed by atoms with E-state index in [1.807, 2.05) is 9.80 Å². The Morgan fingerprint density at radius 3 is 2.53 bits per heavy atom. The summed E-state index contributed by atoms with van der Waals surface area (Å²) in [4.78, 5) is 43.1. The molecule has 0 bridgehead atoms. The van der Waals surface area contributed by atoms with E-state index in [4.69, 9.17) is 4.74 Å². The van der Waals surface area contributed by atoms with Crippen LogP contribution in [0.5, 0.6) is 11.5 Å². The lowest BCUT2D eigenvalue weighted by atomic mass is 10.2. The van der Waals surface area contributed by atoms with Crippen molar-refractivity contribution in [2.24, 2.45) is 5.92 Å². The summed E-state index contributed by atoms with van der Waals surface area (Å²) in [6.07, 6.45) is 1.98. The molecule has 8 nitrogen and oxygen atoms in total. The smallest absolute Gasteiger partial charge is 0.252 e. The average Bonchev–Trinajstić information content (AvgIpc) is 3.66. The Morgan fingerprint density at radius 2 is 1.79 bits per heavy atom. The molecule has 2 N–H and O–H groups in total. The summed E-state index contributed by atoms with van der Waals surface area (Å²) in [5, 5.41) is 3.36. The number of fused-ring (bicyclic) bond motifs is 1. The number of aromatic amines is 1. The number of hydrogen-bond donors (Lipinski definition) is 2. The van der Waals surface area contributed by atoms with Crippen LogP contribution >= 0.6 is 0 Å². The zero-order chi connectivity index (χ0) is 23.7. The Bertz CT molecular complexity index is 1300. The van der Waals surface area contributed by atoms with Crippen molar-refractivity contribution < 1.29 is 18.7 Å². The van der Waals surface area contributed by atoms with Crippen molar-refractivity contribution in [3.63, 3.8) is 0 Å². The third kappa shape index (κ3) is 4.94. The Balaban J connectivity index is 1.19. The summed E-state index contributed by atoms with van der Waals surface area (Å²) < 4.78 is 20.4. The Hall–Kier alpha value is -3.72. The number of amides is 2. The van der Waals surface area contributed by atoms with Gasteiger partial charge in [-0.25, -0.2) is 4.39 Å². The van der Waals surface area contributed by atoms with Crippen LogP contribution in [0.25, 0.3) is 10.9 Å². The molecule has 2 aromatic carbocycles. The first-order chi connectivity index (χ1) is 16.5. The third-order valence-electron chi connectivity index (χ3n) is 6.13. The number of halogens is 1. The maximum absolute atomic E-state index is 14.7. The molecule has 2 fully saturated rings. The molecular formula is C25H25FN4O4. The minimum atomic E-state index is -0.658. The number of hydrogen-bond acceptors (Lipinski definition) is 5. The lowest BCUT2D eigenvalue weighted by Gasteiger charge is -2.34. The second-order valence-electron chi connectivity index (χ2n) is 8.71. The maximum atomic E-state index is 14.7. The van der Waals surface area contributed by atoms with E-state index in [1.165, 1.54) is 18.2 Å². The van der Waals surface area contributed by atoms with Gasteiger partial charge in [-0.2, -0.15) is 0 Å². The SMILES string of the molecule is O=C(CN1CCN(C(=O)C2CC2)CC1)Nc1ccc(Oc2cc(=O)[nH]c3ccccc23)c(F)c1. The van der Waals surface area contributed by atoms with Crippen molar-refractivity contribution in [3.05, 3.63) is 64.7 Å². The van der Waals surface area contributed by atoms with E-state index in [9.17, 15) is 18.8 Å². The van der Waals surface area contributed by atoms with Gasteiger partial charge >= 0.3 is 0 Å². The van der Waals surface area contributed by atoms with Gasteiger partial charge in [0.1, 0.15) is 5.75 Å². The number of carbonyl (C=O) groups is 2. The Kier molecular flexibility index (Phi) is 6.02. The first kappa shape index (κ1) is 22.1. The van der Waals surface area contributed by atoms with E-state index >= 15 is 0 Å². The summed E-state index contributed by atoms with van der Waals surface area (Å²) >= 11 is 0. The summed E-state index contributed by atoms with van der Waals surface area (Å²) in [5.74, 6) is -0.280. The second kappa shape index (κ2) is 9.26. The highest BCUT2D eigenvalue weighted by molar-refractivity contribution is 5.92. The molecule has 2 aliphatic rings. The third-order valence-corrected chi connectivity index (χ3v) is 6.13. The lowest BCUT2D eigenvalue weighted by Crippen LogP contribution is -2.50. The Labute approximate surface area is 195 Å². The number of rotatable bonds is 6. The summed E-state index contributed by atoms with van der Waals surface area (Å²) in [7, 11) is 0. The first-order valence-electron chi connectivity index (χ1n) is 11.4. The van der Waals surface area contributed by atoms with Crippen molar-refractivity contribution >= 4 is 28.4 Å². The molecule has 0 atom stereocenters. The van der Waals surface area contributed by atoms with Gasteiger partial charge in [-0.05, 0) is 37.1 Å². The van der Waals surface area contributed by atoms with Gasteiger partial charge in [-0.15, -0.1) is 0 Å². The van der Waals surface area contributed by atoms with Crippen LogP contribution < -0.4 is 15.6 Å². The van der Waals surface area contributed by atoms with Gasteiger partial charge in [0.2, 0.25) is 11.8 Å². The number of pyridine rings is 1. The maximum Gasteiger partial charge on any atom is 0.252 e. The van der Waals surface area contributed by atoms with Crippen molar-refractivity contribution in [2.75, 3.05) is 38.0 Å². The van der Waals surface area contributed by atoms with Crippen LogP contribution in [0.3, 0.4) is 0 Å². The standard InChI is InChI=1S/C25H25FN4O4/c26-19-13-17(27-24(32)15-29-9-11-30(12-10-29)25(33)16-5-6-16)7-8-21(19)34-22-14-23(31)28-20-4-2-1-3-18(20)22/h1-4,7-8,13-14,16H,5-6,9-12,15H2,(H,27,32)(H,28,31). The largest absolute Gasteiger partial charge is 0.453 e. The molecular weight excluding hydrogens is 439 g/mol. The number of nitrogens with zero attached hydrogens (tertiary/aromatic N) is 2. The van der Waals surface area contributed by atoms with Crippen LogP contribution in [-0.2, 0) is 9.59 Å². The predicted molar refractivity (Wildman–Crippen MR) is 125 cm³/mol. The zero-order valence-electron chi connectivity index (χ0n) is 18.6. The fourth-order valence-corrected chi connectivity index (χ4v) is 4.16. The van der Waals surface area contributed by atoms with Crippen molar-refractivity contribution in [1.29, 1.82) is 0 Å². The predicted octanol–water partition coefficient (Wildman–Crippen LogP) is 2.95. The van der Waals surface area contributed by atoms with Crippen LogP contribution in [-0.4, -0.2) is 59.3 Å². The highest BCUT2D eigenvalue weighted by Crippen LogP contribution is 2.32. The van der Waals surface area contributed by atoms with Gasteiger partial charge in [0.05, 0.1) is 12.1 Å². The van der Waals surface area contributed by atoms with Crippen molar-refractivity contribution in [1.82, 2.24) is 14.8 Å². The number of para-hydroxylation sites is 1. The molecule has 2 amide bonds. The number of benzene rings is 2. The molecule has 1 aliphatic carbocycles. The molecule has 9 heteroatoms. The highest BCUT2D eigenvalue weighted by Gasteiger charge is 2.34. The molecule has 1 aliphatic heterocycles. The van der Waals surface area contributed by atoms with Crippen LogP contribution in [0.4, 0.5) is 10.1 Å². The minimum absolute atomic E-state index is 0.0507. The highest BCUT2D eigenvalue weighted by atomic mass is 19.1.